The number of halogens is 3. The summed E-state index contributed by atoms with van der Waals surface area (Å²) in [5.41, 5.74) is 1.55. The molecule has 0 unspecified atom stereocenters. The molecule has 5 heteroatoms. The smallest absolute Gasteiger partial charge is 0.126 e. The van der Waals surface area contributed by atoms with Crippen LogP contribution in [0.1, 0.15) is 97.8 Å². The maximum Gasteiger partial charge on any atom is 0.344 e. The van der Waals surface area contributed by atoms with E-state index in [2.05, 4.69) is 20.8 Å². The Morgan fingerprint density at radius 2 is 0.759 bits per heavy atom. The molecule has 0 aromatic rings. The first-order valence-electron chi connectivity index (χ1n) is 12.9. The Kier molecular flexibility index (Phi) is 9.41. The Hall–Kier alpha value is 1.30. The number of rotatable bonds is 7. The van der Waals surface area contributed by atoms with Gasteiger partial charge in [0.25, 0.3) is 0 Å². The van der Waals surface area contributed by atoms with Crippen molar-refractivity contribution in [2.75, 3.05) is 0 Å². The van der Waals surface area contributed by atoms with Gasteiger partial charge in [0.2, 0.25) is 0 Å². The van der Waals surface area contributed by atoms with E-state index >= 15 is 0 Å². The highest BCUT2D eigenvalue weighted by molar-refractivity contribution is 7.65. The minimum absolute atomic E-state index is 0.417. The minimum Gasteiger partial charge on any atom is -0.126 e. The molecule has 0 aromatic carbocycles. The second-order valence-corrected chi connectivity index (χ2v) is 25.5. The molecule has 0 atom stereocenters. The van der Waals surface area contributed by atoms with E-state index in [4.69, 9.17) is 33.2 Å². The molecule has 0 radical (unpaired) electrons. The Morgan fingerprint density at radius 1 is 0.483 bits per heavy atom. The third-order valence-electron chi connectivity index (χ3n) is 10.1. The normalized spacial score (nSPS) is 37.4. The Labute approximate surface area is 197 Å². The average molecular weight is 496 g/mol. The van der Waals surface area contributed by atoms with Crippen LogP contribution < -0.4 is 0 Å². The van der Waals surface area contributed by atoms with Crippen LogP contribution in [-0.4, -0.2) is 14.1 Å². The number of hydrogen-bond donors (Lipinski definition) is 0. The summed E-state index contributed by atoms with van der Waals surface area (Å²) >= 11 is 18.9. The Balaban J connectivity index is 1.42. The van der Waals surface area contributed by atoms with E-state index in [1.165, 1.54) is 69.5 Å². The Morgan fingerprint density at radius 3 is 1.03 bits per heavy atom. The summed E-state index contributed by atoms with van der Waals surface area (Å²) in [6.07, 6.45) is 17.2. The van der Waals surface area contributed by atoms with Crippen molar-refractivity contribution in [3.63, 3.8) is 0 Å². The predicted molar refractivity (Wildman–Crippen MR) is 137 cm³/mol. The van der Waals surface area contributed by atoms with Crippen LogP contribution >= 0.6 is 33.2 Å². The van der Waals surface area contributed by atoms with Crippen molar-refractivity contribution >= 4 is 47.3 Å². The molecule has 3 saturated carbocycles. The molecule has 3 fully saturated rings. The van der Waals surface area contributed by atoms with Gasteiger partial charge in [0.05, 0.1) is 8.07 Å². The predicted octanol–water partition coefficient (Wildman–Crippen LogP) is 10.1. The van der Waals surface area contributed by atoms with E-state index in [1.54, 1.807) is 25.7 Å². The Bertz CT molecular complexity index is 471. The summed E-state index contributed by atoms with van der Waals surface area (Å²) in [5.74, 6) is 3.99. The van der Waals surface area contributed by atoms with Crippen molar-refractivity contribution in [2.24, 2.45) is 23.7 Å². The first kappa shape index (κ1) is 24.9. The highest BCUT2D eigenvalue weighted by Gasteiger charge is 2.42. The summed E-state index contributed by atoms with van der Waals surface area (Å²) in [7, 11) is -0.974. The van der Waals surface area contributed by atoms with Crippen molar-refractivity contribution < 1.29 is 0 Å². The monoisotopic (exact) mass is 494 g/mol. The zero-order valence-corrected chi connectivity index (χ0v) is 23.5. The van der Waals surface area contributed by atoms with E-state index in [0.29, 0.717) is 5.54 Å². The molecule has 0 aromatic heterocycles. The molecule has 0 N–H and O–H groups in total. The molecular formula is C24H45Cl3Si2. The molecule has 3 aliphatic rings. The summed E-state index contributed by atoms with van der Waals surface area (Å²) in [4.78, 5) is 0. The van der Waals surface area contributed by atoms with Crippen molar-refractivity contribution in [1.82, 2.24) is 0 Å². The van der Waals surface area contributed by atoms with Crippen molar-refractivity contribution in [3.8, 4) is 0 Å². The molecule has 3 aliphatic carbocycles. The van der Waals surface area contributed by atoms with E-state index in [9.17, 15) is 0 Å². The summed E-state index contributed by atoms with van der Waals surface area (Å²) < 4.78 is 0. The summed E-state index contributed by atoms with van der Waals surface area (Å²) in [6.45, 7) is 7.49. The zero-order valence-electron chi connectivity index (χ0n) is 19.2. The SMILES string of the molecule is CC[Si](CC)(CC)C1CCC(C2CCC(C3CCC([Si](Cl)(Cl)Cl)CC3)CC2)CC1. The van der Waals surface area contributed by atoms with Crippen molar-refractivity contribution in [1.29, 1.82) is 0 Å². The molecule has 0 bridgehead atoms. The van der Waals surface area contributed by atoms with E-state index < -0.39 is 14.1 Å². The van der Waals surface area contributed by atoms with Crippen LogP contribution in [0.15, 0.2) is 0 Å². The topological polar surface area (TPSA) is 0 Å². The van der Waals surface area contributed by atoms with Crippen LogP contribution in [-0.2, 0) is 0 Å². The van der Waals surface area contributed by atoms with E-state index in [1.807, 2.05) is 0 Å². The fraction of sp³-hybridized carbons (Fsp3) is 1.00. The fourth-order valence-corrected chi connectivity index (χ4v) is 15.6. The molecule has 0 heterocycles. The van der Waals surface area contributed by atoms with Gasteiger partial charge in [0.15, 0.2) is 0 Å². The largest absolute Gasteiger partial charge is 0.344 e. The van der Waals surface area contributed by atoms with Gasteiger partial charge < -0.3 is 0 Å². The molecule has 170 valence electrons. The van der Waals surface area contributed by atoms with Gasteiger partial charge >= 0.3 is 6.00 Å². The fourth-order valence-electron chi connectivity index (χ4n) is 7.82. The molecule has 0 saturated heterocycles. The third kappa shape index (κ3) is 6.01. The van der Waals surface area contributed by atoms with Gasteiger partial charge in [0, 0.05) is 0 Å². The zero-order chi connectivity index (χ0) is 21.1. The van der Waals surface area contributed by atoms with Gasteiger partial charge in [-0.2, -0.15) is 0 Å². The van der Waals surface area contributed by atoms with Crippen LogP contribution in [0.3, 0.4) is 0 Å². The van der Waals surface area contributed by atoms with Gasteiger partial charge in [0.1, 0.15) is 0 Å². The summed E-state index contributed by atoms with van der Waals surface area (Å²) in [5, 5.41) is 0. The maximum absolute atomic E-state index is 6.29. The minimum atomic E-state index is -2.48. The lowest BCUT2D eigenvalue weighted by Gasteiger charge is -2.45. The van der Waals surface area contributed by atoms with Crippen LogP contribution in [0.25, 0.3) is 0 Å². The first-order valence-corrected chi connectivity index (χ1v) is 20.7. The highest BCUT2D eigenvalue weighted by atomic mass is 35.8. The van der Waals surface area contributed by atoms with Gasteiger partial charge in [-0.25, -0.2) is 0 Å². The van der Waals surface area contributed by atoms with E-state index in [-0.39, 0.29) is 0 Å². The quantitative estimate of drug-likeness (QED) is 0.243. The van der Waals surface area contributed by atoms with Crippen LogP contribution in [0.5, 0.6) is 0 Å². The van der Waals surface area contributed by atoms with Gasteiger partial charge in [-0.1, -0.05) is 77.4 Å². The van der Waals surface area contributed by atoms with Gasteiger partial charge in [-0.15, -0.1) is 33.2 Å². The molecule has 29 heavy (non-hydrogen) atoms. The van der Waals surface area contributed by atoms with E-state index in [0.717, 1.165) is 29.2 Å². The third-order valence-corrected chi connectivity index (χ3v) is 20.9. The summed E-state index contributed by atoms with van der Waals surface area (Å²) in [6, 6.07) is 2.07. The second kappa shape index (κ2) is 10.9. The van der Waals surface area contributed by atoms with Crippen molar-refractivity contribution in [2.45, 2.75) is 127 Å². The molecule has 0 amide bonds. The molecule has 3 rings (SSSR count). The van der Waals surface area contributed by atoms with Crippen LogP contribution in [0.4, 0.5) is 0 Å². The molecular weight excluding hydrogens is 451 g/mol. The molecule has 0 aliphatic heterocycles. The lowest BCUT2D eigenvalue weighted by Crippen LogP contribution is -2.40. The lowest BCUT2D eigenvalue weighted by atomic mass is 9.66. The second-order valence-electron chi connectivity index (χ2n) is 10.9. The number of hydrogen-bond acceptors (Lipinski definition) is 0. The maximum atomic E-state index is 6.29. The first-order chi connectivity index (χ1) is 13.8. The van der Waals surface area contributed by atoms with Crippen LogP contribution in [0, 0.1) is 23.7 Å². The van der Waals surface area contributed by atoms with Gasteiger partial charge in [-0.3, -0.25) is 0 Å². The lowest BCUT2D eigenvalue weighted by molar-refractivity contribution is 0.122. The van der Waals surface area contributed by atoms with Gasteiger partial charge in [-0.05, 0) is 73.3 Å². The average Bonchev–Trinajstić information content (AvgIpc) is 2.75. The van der Waals surface area contributed by atoms with Crippen LogP contribution in [0.2, 0.25) is 29.2 Å². The van der Waals surface area contributed by atoms with Crippen molar-refractivity contribution in [3.05, 3.63) is 0 Å². The molecule has 0 nitrogen and oxygen atoms in total. The standard InChI is InChI=1S/C24H45Cl3Si2/c1-4-28(5-2,6-3)23-15-11-21(12-16-23)19-7-9-20(10-8-19)22-13-17-24(18-14-22)29(25,26)27/h19-24H,4-18H2,1-3H3. The highest BCUT2D eigenvalue weighted by Crippen LogP contribution is 2.52. The molecule has 0 spiro atoms.